The first-order valence-corrected chi connectivity index (χ1v) is 5.14. The number of nitrogens with zero attached hydrogens (tertiary/aromatic N) is 1. The second-order valence-corrected chi connectivity index (χ2v) is 3.66. The summed E-state index contributed by atoms with van der Waals surface area (Å²) in [4.78, 5) is 0. The summed E-state index contributed by atoms with van der Waals surface area (Å²) in [6, 6.07) is 14.9. The minimum absolute atomic E-state index is 0.290. The van der Waals surface area contributed by atoms with Crippen molar-refractivity contribution in [3.05, 3.63) is 59.9 Å². The maximum absolute atomic E-state index is 12.8. The second-order valence-electron chi connectivity index (χ2n) is 3.66. The van der Waals surface area contributed by atoms with Gasteiger partial charge in [-0.05, 0) is 34.9 Å². The van der Waals surface area contributed by atoms with Gasteiger partial charge in [-0.3, -0.25) is 0 Å². The van der Waals surface area contributed by atoms with E-state index in [1.807, 2.05) is 6.07 Å². The minimum Gasteiger partial charge on any atom is -0.374 e. The molecule has 0 aliphatic heterocycles. The number of halogens is 1. The van der Waals surface area contributed by atoms with E-state index in [9.17, 15) is 9.50 Å². The van der Waals surface area contributed by atoms with Crippen LogP contribution in [0, 0.1) is 17.1 Å². The van der Waals surface area contributed by atoms with Crippen LogP contribution in [0.3, 0.4) is 0 Å². The van der Waals surface area contributed by atoms with E-state index in [-0.39, 0.29) is 5.82 Å². The molecule has 17 heavy (non-hydrogen) atoms. The van der Waals surface area contributed by atoms with Crippen molar-refractivity contribution in [2.24, 2.45) is 0 Å². The van der Waals surface area contributed by atoms with Crippen molar-refractivity contribution >= 4 is 0 Å². The zero-order valence-electron chi connectivity index (χ0n) is 8.97. The van der Waals surface area contributed by atoms with Crippen LogP contribution in [0.25, 0.3) is 11.1 Å². The van der Waals surface area contributed by atoms with Gasteiger partial charge in [0.05, 0.1) is 6.07 Å². The fourth-order valence-corrected chi connectivity index (χ4v) is 1.61. The molecular weight excluding hydrogens is 217 g/mol. The Morgan fingerprint density at radius 3 is 2.41 bits per heavy atom. The van der Waals surface area contributed by atoms with Gasteiger partial charge in [0, 0.05) is 0 Å². The predicted molar refractivity (Wildman–Crippen MR) is 62.4 cm³/mol. The third-order valence-electron chi connectivity index (χ3n) is 2.50. The average molecular weight is 227 g/mol. The van der Waals surface area contributed by atoms with Crippen LogP contribution in [0.5, 0.6) is 0 Å². The van der Waals surface area contributed by atoms with Crippen molar-refractivity contribution in [2.45, 2.75) is 6.10 Å². The summed E-state index contributed by atoms with van der Waals surface area (Å²) < 4.78 is 12.8. The van der Waals surface area contributed by atoms with E-state index in [1.54, 1.807) is 36.4 Å². The van der Waals surface area contributed by atoms with Crippen LogP contribution in [0.15, 0.2) is 48.5 Å². The maximum Gasteiger partial charge on any atom is 0.165 e. The summed E-state index contributed by atoms with van der Waals surface area (Å²) >= 11 is 0. The monoisotopic (exact) mass is 227 g/mol. The summed E-state index contributed by atoms with van der Waals surface area (Å²) in [6.07, 6.45) is -1.13. The quantitative estimate of drug-likeness (QED) is 0.801. The van der Waals surface area contributed by atoms with E-state index in [2.05, 4.69) is 0 Å². The van der Waals surface area contributed by atoms with Crippen molar-refractivity contribution in [1.82, 2.24) is 0 Å². The third kappa shape index (κ3) is 2.49. The van der Waals surface area contributed by atoms with E-state index in [0.717, 1.165) is 11.1 Å². The second kappa shape index (κ2) is 4.77. The molecule has 1 unspecified atom stereocenters. The maximum atomic E-state index is 12.8. The highest BCUT2D eigenvalue weighted by Gasteiger charge is 2.06. The number of nitriles is 1. The molecule has 2 nitrogen and oxygen atoms in total. The Morgan fingerprint density at radius 2 is 1.76 bits per heavy atom. The molecule has 1 N–H and O–H groups in total. The Labute approximate surface area is 98.6 Å². The van der Waals surface area contributed by atoms with Crippen LogP contribution < -0.4 is 0 Å². The first-order chi connectivity index (χ1) is 8.20. The van der Waals surface area contributed by atoms with Gasteiger partial charge in [-0.2, -0.15) is 5.26 Å². The molecule has 1 atom stereocenters. The fourth-order valence-electron chi connectivity index (χ4n) is 1.61. The van der Waals surface area contributed by atoms with E-state index in [4.69, 9.17) is 5.26 Å². The first-order valence-electron chi connectivity index (χ1n) is 5.14. The van der Waals surface area contributed by atoms with E-state index in [0.29, 0.717) is 5.56 Å². The van der Waals surface area contributed by atoms with Gasteiger partial charge in [-0.15, -0.1) is 0 Å². The Hall–Kier alpha value is -2.18. The van der Waals surface area contributed by atoms with E-state index in [1.165, 1.54) is 12.1 Å². The van der Waals surface area contributed by atoms with E-state index >= 15 is 0 Å². The number of aliphatic hydroxyl groups is 1. The molecule has 2 aromatic rings. The molecule has 2 aromatic carbocycles. The topological polar surface area (TPSA) is 44.0 Å². The number of hydrogen-bond donors (Lipinski definition) is 1. The Morgan fingerprint density at radius 1 is 1.06 bits per heavy atom. The van der Waals surface area contributed by atoms with Gasteiger partial charge in [0.15, 0.2) is 6.10 Å². The predicted octanol–water partition coefficient (Wildman–Crippen LogP) is 3.05. The molecule has 0 heterocycles. The van der Waals surface area contributed by atoms with Crippen LogP contribution in [0.2, 0.25) is 0 Å². The lowest BCUT2D eigenvalue weighted by Crippen LogP contribution is -1.93. The van der Waals surface area contributed by atoms with Gasteiger partial charge >= 0.3 is 0 Å². The zero-order chi connectivity index (χ0) is 12.3. The Kier molecular flexibility index (Phi) is 3.17. The molecule has 0 amide bonds. The number of rotatable bonds is 2. The summed E-state index contributed by atoms with van der Waals surface area (Å²) in [6.45, 7) is 0. The van der Waals surface area contributed by atoms with E-state index < -0.39 is 6.10 Å². The molecule has 3 heteroatoms. The van der Waals surface area contributed by atoms with Crippen molar-refractivity contribution < 1.29 is 9.50 Å². The molecule has 0 fully saturated rings. The van der Waals surface area contributed by atoms with Gasteiger partial charge in [0.1, 0.15) is 5.82 Å². The molecule has 2 rings (SSSR count). The minimum atomic E-state index is -1.13. The van der Waals surface area contributed by atoms with Crippen molar-refractivity contribution in [2.75, 3.05) is 0 Å². The lowest BCUT2D eigenvalue weighted by Gasteiger charge is -2.06. The molecule has 0 spiro atoms. The molecule has 0 saturated carbocycles. The Bertz CT molecular complexity index is 557. The van der Waals surface area contributed by atoms with Gasteiger partial charge in [0.2, 0.25) is 0 Å². The van der Waals surface area contributed by atoms with Crippen LogP contribution in [-0.2, 0) is 0 Å². The third-order valence-corrected chi connectivity index (χ3v) is 2.50. The molecule has 0 aliphatic carbocycles. The van der Waals surface area contributed by atoms with Crippen LogP contribution in [0.1, 0.15) is 11.7 Å². The molecule has 0 aromatic heterocycles. The van der Waals surface area contributed by atoms with Gasteiger partial charge in [-0.25, -0.2) is 4.39 Å². The van der Waals surface area contributed by atoms with Gasteiger partial charge < -0.3 is 5.11 Å². The average Bonchev–Trinajstić information content (AvgIpc) is 2.39. The Balaban J connectivity index is 2.40. The van der Waals surface area contributed by atoms with Gasteiger partial charge in [0.25, 0.3) is 0 Å². The SMILES string of the molecule is N#CC(O)c1cccc(-c2ccc(F)cc2)c1. The number of benzene rings is 2. The van der Waals surface area contributed by atoms with Crippen LogP contribution in [-0.4, -0.2) is 5.11 Å². The van der Waals surface area contributed by atoms with Crippen molar-refractivity contribution in [1.29, 1.82) is 5.26 Å². The number of aliphatic hydroxyl groups excluding tert-OH is 1. The summed E-state index contributed by atoms with van der Waals surface area (Å²) in [7, 11) is 0. The van der Waals surface area contributed by atoms with Crippen molar-refractivity contribution in [3.63, 3.8) is 0 Å². The standard InChI is InChI=1S/C14H10FNO/c15-13-6-4-10(5-7-13)11-2-1-3-12(8-11)14(17)9-16/h1-8,14,17H. The molecule has 0 aliphatic rings. The highest BCUT2D eigenvalue weighted by molar-refractivity contribution is 5.64. The highest BCUT2D eigenvalue weighted by atomic mass is 19.1. The van der Waals surface area contributed by atoms with Gasteiger partial charge in [-0.1, -0.05) is 30.3 Å². The van der Waals surface area contributed by atoms with Crippen molar-refractivity contribution in [3.8, 4) is 17.2 Å². The first kappa shape index (κ1) is 11.3. The highest BCUT2D eigenvalue weighted by Crippen LogP contribution is 2.23. The lowest BCUT2D eigenvalue weighted by atomic mass is 10.0. The zero-order valence-corrected chi connectivity index (χ0v) is 8.97. The molecule has 84 valence electrons. The molecule has 0 radical (unpaired) electrons. The largest absolute Gasteiger partial charge is 0.374 e. The smallest absolute Gasteiger partial charge is 0.165 e. The summed E-state index contributed by atoms with van der Waals surface area (Å²) in [5, 5.41) is 18.1. The lowest BCUT2D eigenvalue weighted by molar-refractivity contribution is 0.236. The number of hydrogen-bond acceptors (Lipinski definition) is 2. The molecular formula is C14H10FNO. The fraction of sp³-hybridized carbons (Fsp3) is 0.0714. The molecule has 0 bridgehead atoms. The molecule has 0 saturated heterocycles. The normalized spacial score (nSPS) is 11.8. The van der Waals surface area contributed by atoms with Crippen LogP contribution in [0.4, 0.5) is 4.39 Å². The van der Waals surface area contributed by atoms with Crippen LogP contribution >= 0.6 is 0 Å². The summed E-state index contributed by atoms with van der Waals surface area (Å²) in [5.41, 5.74) is 2.23. The summed E-state index contributed by atoms with van der Waals surface area (Å²) in [5.74, 6) is -0.290.